The molecule has 1 aliphatic rings. The van der Waals surface area contributed by atoms with E-state index in [9.17, 15) is 4.79 Å². The number of carboxylic acid groups (broad SMARTS) is 1. The molecule has 3 rings (SSSR count). The largest absolute Gasteiger partial charge is 0.478 e. The van der Waals surface area contributed by atoms with Crippen molar-refractivity contribution in [2.24, 2.45) is 0 Å². The molecule has 2 atom stereocenters. The van der Waals surface area contributed by atoms with Crippen LogP contribution >= 0.6 is 0 Å². The van der Waals surface area contributed by atoms with Gasteiger partial charge in [-0.25, -0.2) is 4.79 Å². The quantitative estimate of drug-likeness (QED) is 0.878. The Hall–Kier alpha value is -2.13. The van der Waals surface area contributed by atoms with E-state index in [1.807, 2.05) is 12.1 Å². The number of benzene rings is 2. The summed E-state index contributed by atoms with van der Waals surface area (Å²) in [6.07, 6.45) is 3.52. The lowest BCUT2D eigenvalue weighted by molar-refractivity contribution is 0.0697. The predicted molar refractivity (Wildman–Crippen MR) is 91.7 cm³/mol. The highest BCUT2D eigenvalue weighted by Gasteiger charge is 2.35. The molecule has 0 radical (unpaired) electrons. The van der Waals surface area contributed by atoms with Crippen LogP contribution in [0.1, 0.15) is 47.7 Å². The molecule has 3 nitrogen and oxygen atoms in total. The van der Waals surface area contributed by atoms with Crippen LogP contribution < -0.4 is 5.32 Å². The van der Waals surface area contributed by atoms with Gasteiger partial charge in [0.1, 0.15) is 0 Å². The fraction of sp³-hybridized carbons (Fsp3) is 0.350. The van der Waals surface area contributed by atoms with Gasteiger partial charge in [-0.15, -0.1) is 0 Å². The molecule has 120 valence electrons. The van der Waals surface area contributed by atoms with Gasteiger partial charge in [-0.1, -0.05) is 49.4 Å². The molecule has 1 fully saturated rings. The summed E-state index contributed by atoms with van der Waals surface area (Å²) in [5, 5.41) is 12.6. The molecule has 2 unspecified atom stereocenters. The number of rotatable bonds is 5. The summed E-state index contributed by atoms with van der Waals surface area (Å²) in [6.45, 7) is 3.14. The van der Waals surface area contributed by atoms with Crippen molar-refractivity contribution in [3.05, 3.63) is 71.3 Å². The average molecular weight is 309 g/mol. The van der Waals surface area contributed by atoms with Crippen LogP contribution in [0.25, 0.3) is 0 Å². The first kappa shape index (κ1) is 15.8. The Bertz CT molecular complexity index is 666. The summed E-state index contributed by atoms with van der Waals surface area (Å²) in [7, 11) is 0. The summed E-state index contributed by atoms with van der Waals surface area (Å²) in [4.78, 5) is 10.9. The molecule has 0 heterocycles. The Kier molecular flexibility index (Phi) is 4.49. The highest BCUT2D eigenvalue weighted by Crippen LogP contribution is 2.40. The second-order valence-corrected chi connectivity index (χ2v) is 6.75. The third-order valence-electron chi connectivity index (χ3n) is 5.01. The fourth-order valence-corrected chi connectivity index (χ4v) is 3.55. The van der Waals surface area contributed by atoms with Crippen molar-refractivity contribution in [2.45, 2.75) is 44.2 Å². The monoisotopic (exact) mass is 309 g/mol. The van der Waals surface area contributed by atoms with Gasteiger partial charge in [0.25, 0.3) is 0 Å². The van der Waals surface area contributed by atoms with E-state index in [2.05, 4.69) is 42.6 Å². The maximum absolute atomic E-state index is 10.9. The van der Waals surface area contributed by atoms with Crippen LogP contribution in [0, 0.1) is 0 Å². The number of carboxylic acids is 1. The molecular formula is C20H23NO2. The number of aromatic carboxylic acids is 1. The number of hydrogen-bond donors (Lipinski definition) is 2. The second-order valence-electron chi connectivity index (χ2n) is 6.75. The van der Waals surface area contributed by atoms with E-state index in [1.54, 1.807) is 12.1 Å². The van der Waals surface area contributed by atoms with Crippen molar-refractivity contribution < 1.29 is 9.90 Å². The van der Waals surface area contributed by atoms with E-state index in [0.29, 0.717) is 11.6 Å². The van der Waals surface area contributed by atoms with Crippen molar-refractivity contribution in [3.63, 3.8) is 0 Å². The Labute approximate surface area is 137 Å². The summed E-state index contributed by atoms with van der Waals surface area (Å²) in [5.74, 6) is -0.876. The number of carbonyl (C=O) groups is 1. The molecule has 2 aromatic rings. The van der Waals surface area contributed by atoms with Crippen LogP contribution in [0.5, 0.6) is 0 Å². The molecule has 0 aromatic heterocycles. The standard InChI is InChI=1S/C20H23NO2/c1-20(17-5-3-2-4-6-17)12-11-18(13-20)21-14-15-7-9-16(10-8-15)19(22)23/h2-10,18,21H,11-14H2,1H3,(H,22,23). The molecule has 2 N–H and O–H groups in total. The SMILES string of the molecule is CC1(c2ccccc2)CCC(NCc2ccc(C(=O)O)cc2)C1. The Balaban J connectivity index is 1.57. The van der Waals surface area contributed by atoms with Crippen LogP contribution in [-0.2, 0) is 12.0 Å². The average Bonchev–Trinajstić information content (AvgIpc) is 2.97. The Morgan fingerprint density at radius 1 is 1.17 bits per heavy atom. The van der Waals surface area contributed by atoms with Gasteiger partial charge in [0.05, 0.1) is 5.56 Å². The normalized spacial score (nSPS) is 23.8. The van der Waals surface area contributed by atoms with E-state index in [-0.39, 0.29) is 5.41 Å². The molecule has 0 aliphatic heterocycles. The van der Waals surface area contributed by atoms with Crippen LogP contribution in [-0.4, -0.2) is 17.1 Å². The Morgan fingerprint density at radius 2 is 1.87 bits per heavy atom. The molecule has 0 saturated heterocycles. The Morgan fingerprint density at radius 3 is 2.52 bits per heavy atom. The van der Waals surface area contributed by atoms with Gasteiger partial charge < -0.3 is 10.4 Å². The smallest absolute Gasteiger partial charge is 0.335 e. The van der Waals surface area contributed by atoms with Crippen LogP contribution in [0.3, 0.4) is 0 Å². The van der Waals surface area contributed by atoms with E-state index >= 15 is 0 Å². The number of nitrogens with one attached hydrogen (secondary N) is 1. The van der Waals surface area contributed by atoms with Crippen molar-refractivity contribution in [1.82, 2.24) is 5.32 Å². The lowest BCUT2D eigenvalue weighted by Gasteiger charge is -2.25. The summed E-state index contributed by atoms with van der Waals surface area (Å²) >= 11 is 0. The molecule has 0 spiro atoms. The van der Waals surface area contributed by atoms with Gasteiger partial charge >= 0.3 is 5.97 Å². The van der Waals surface area contributed by atoms with Crippen molar-refractivity contribution in [3.8, 4) is 0 Å². The van der Waals surface area contributed by atoms with Gasteiger partial charge in [-0.05, 0) is 47.9 Å². The molecule has 0 bridgehead atoms. The van der Waals surface area contributed by atoms with Gasteiger partial charge in [-0.3, -0.25) is 0 Å². The van der Waals surface area contributed by atoms with Crippen LogP contribution in [0.2, 0.25) is 0 Å². The van der Waals surface area contributed by atoms with Gasteiger partial charge in [0, 0.05) is 12.6 Å². The van der Waals surface area contributed by atoms with E-state index < -0.39 is 5.97 Å². The summed E-state index contributed by atoms with van der Waals surface area (Å²) in [6, 6.07) is 18.4. The van der Waals surface area contributed by atoms with Gasteiger partial charge in [0.2, 0.25) is 0 Å². The predicted octanol–water partition coefficient (Wildman–Crippen LogP) is 3.98. The molecule has 3 heteroatoms. The minimum atomic E-state index is -0.876. The second kappa shape index (κ2) is 6.55. The maximum Gasteiger partial charge on any atom is 0.335 e. The minimum Gasteiger partial charge on any atom is -0.478 e. The van der Waals surface area contributed by atoms with E-state index in [4.69, 9.17) is 5.11 Å². The minimum absolute atomic E-state index is 0.256. The fourth-order valence-electron chi connectivity index (χ4n) is 3.55. The van der Waals surface area contributed by atoms with Gasteiger partial charge in [-0.2, -0.15) is 0 Å². The summed E-state index contributed by atoms with van der Waals surface area (Å²) in [5.41, 5.74) is 3.15. The third-order valence-corrected chi connectivity index (χ3v) is 5.01. The van der Waals surface area contributed by atoms with Crippen LogP contribution in [0.4, 0.5) is 0 Å². The van der Waals surface area contributed by atoms with Crippen molar-refractivity contribution in [2.75, 3.05) is 0 Å². The van der Waals surface area contributed by atoms with Gasteiger partial charge in [0.15, 0.2) is 0 Å². The lowest BCUT2D eigenvalue weighted by Crippen LogP contribution is -2.28. The maximum atomic E-state index is 10.9. The highest BCUT2D eigenvalue weighted by atomic mass is 16.4. The number of hydrogen-bond acceptors (Lipinski definition) is 2. The van der Waals surface area contributed by atoms with Crippen molar-refractivity contribution >= 4 is 5.97 Å². The highest BCUT2D eigenvalue weighted by molar-refractivity contribution is 5.87. The third kappa shape index (κ3) is 3.62. The molecule has 1 saturated carbocycles. The molecule has 1 aliphatic carbocycles. The van der Waals surface area contributed by atoms with E-state index in [1.165, 1.54) is 18.4 Å². The first-order chi connectivity index (χ1) is 11.1. The zero-order valence-corrected chi connectivity index (χ0v) is 13.5. The zero-order chi connectivity index (χ0) is 16.3. The first-order valence-corrected chi connectivity index (χ1v) is 8.18. The zero-order valence-electron chi connectivity index (χ0n) is 13.5. The summed E-state index contributed by atoms with van der Waals surface area (Å²) < 4.78 is 0. The lowest BCUT2D eigenvalue weighted by atomic mass is 9.81. The van der Waals surface area contributed by atoms with Crippen LogP contribution in [0.15, 0.2) is 54.6 Å². The van der Waals surface area contributed by atoms with Crippen molar-refractivity contribution in [1.29, 1.82) is 0 Å². The van der Waals surface area contributed by atoms with E-state index in [0.717, 1.165) is 18.5 Å². The molecule has 23 heavy (non-hydrogen) atoms. The topological polar surface area (TPSA) is 49.3 Å². The molecular weight excluding hydrogens is 286 g/mol. The molecule has 2 aromatic carbocycles. The first-order valence-electron chi connectivity index (χ1n) is 8.18. The molecule has 0 amide bonds.